The Hall–Kier alpha value is -2.38. The molecule has 3 rings (SSSR count). The van der Waals surface area contributed by atoms with Crippen molar-refractivity contribution in [2.75, 3.05) is 20.2 Å². The fourth-order valence-corrected chi connectivity index (χ4v) is 3.50. The summed E-state index contributed by atoms with van der Waals surface area (Å²) < 4.78 is 6.14. The molecule has 1 aliphatic heterocycles. The molecular formula is C21H24BrN3O3. The van der Waals surface area contributed by atoms with Crippen LogP contribution in [0.25, 0.3) is 0 Å². The van der Waals surface area contributed by atoms with Gasteiger partial charge in [-0.3, -0.25) is 9.69 Å². The average Bonchev–Trinajstić information content (AvgIpc) is 2.71. The summed E-state index contributed by atoms with van der Waals surface area (Å²) in [5, 5.41) is 13.6. The normalized spacial score (nSPS) is 15.6. The van der Waals surface area contributed by atoms with Crippen LogP contribution in [0, 0.1) is 5.92 Å². The molecule has 28 heavy (non-hydrogen) atoms. The van der Waals surface area contributed by atoms with E-state index in [4.69, 9.17) is 4.74 Å². The predicted octanol–water partition coefficient (Wildman–Crippen LogP) is 3.53. The third-order valence-electron chi connectivity index (χ3n) is 4.87. The zero-order valence-corrected chi connectivity index (χ0v) is 17.4. The third-order valence-corrected chi connectivity index (χ3v) is 5.40. The Balaban J connectivity index is 1.45. The number of phenolic OH excluding ortho intramolecular Hbond substituents is 1. The number of ether oxygens (including phenoxy) is 1. The van der Waals surface area contributed by atoms with E-state index in [1.165, 1.54) is 18.7 Å². The van der Waals surface area contributed by atoms with Gasteiger partial charge in [0, 0.05) is 16.9 Å². The van der Waals surface area contributed by atoms with Crippen molar-refractivity contribution in [3.63, 3.8) is 0 Å². The number of hydrogen-bond donors (Lipinski definition) is 2. The Morgan fingerprint density at radius 1 is 1.29 bits per heavy atom. The van der Waals surface area contributed by atoms with Crippen molar-refractivity contribution in [3.05, 3.63) is 58.1 Å². The molecule has 0 saturated carbocycles. The molecule has 1 fully saturated rings. The maximum atomic E-state index is 12.4. The first kappa shape index (κ1) is 20.4. The Morgan fingerprint density at radius 2 is 2.00 bits per heavy atom. The molecule has 0 unspecified atom stereocenters. The highest BCUT2D eigenvalue weighted by atomic mass is 79.9. The molecule has 1 aliphatic rings. The molecule has 0 spiro atoms. The summed E-state index contributed by atoms with van der Waals surface area (Å²) in [6.45, 7) is 2.70. The minimum Gasteiger partial charge on any atom is -0.504 e. The van der Waals surface area contributed by atoms with Crippen LogP contribution in [0.5, 0.6) is 11.5 Å². The van der Waals surface area contributed by atoms with Crippen molar-refractivity contribution in [2.45, 2.75) is 19.4 Å². The molecule has 0 atom stereocenters. The van der Waals surface area contributed by atoms with Gasteiger partial charge in [-0.15, -0.1) is 0 Å². The SMILES string of the molecule is COc1cc(/C=N/NC(=O)C2CCN(Cc3ccc(Br)cc3)CC2)ccc1O. The van der Waals surface area contributed by atoms with E-state index in [1.807, 2.05) is 0 Å². The van der Waals surface area contributed by atoms with Crippen LogP contribution >= 0.6 is 15.9 Å². The number of hydrogen-bond acceptors (Lipinski definition) is 5. The van der Waals surface area contributed by atoms with E-state index in [9.17, 15) is 9.90 Å². The van der Waals surface area contributed by atoms with E-state index < -0.39 is 0 Å². The molecule has 2 aromatic rings. The first-order chi connectivity index (χ1) is 13.5. The summed E-state index contributed by atoms with van der Waals surface area (Å²) in [6, 6.07) is 13.2. The van der Waals surface area contributed by atoms with Gasteiger partial charge in [0.25, 0.3) is 0 Å². The van der Waals surface area contributed by atoms with E-state index >= 15 is 0 Å². The summed E-state index contributed by atoms with van der Waals surface area (Å²) >= 11 is 3.45. The Bertz CT molecular complexity index is 831. The van der Waals surface area contributed by atoms with Gasteiger partial charge in [-0.05, 0) is 67.4 Å². The number of carbonyl (C=O) groups excluding carboxylic acids is 1. The van der Waals surface area contributed by atoms with Crippen molar-refractivity contribution in [2.24, 2.45) is 11.0 Å². The molecular weight excluding hydrogens is 422 g/mol. The zero-order valence-electron chi connectivity index (χ0n) is 15.8. The lowest BCUT2D eigenvalue weighted by Crippen LogP contribution is -2.39. The highest BCUT2D eigenvalue weighted by Gasteiger charge is 2.24. The zero-order chi connectivity index (χ0) is 19.9. The summed E-state index contributed by atoms with van der Waals surface area (Å²) in [5.41, 5.74) is 4.64. The lowest BCUT2D eigenvalue weighted by molar-refractivity contribution is -0.126. The number of carbonyl (C=O) groups is 1. The van der Waals surface area contributed by atoms with Crippen molar-refractivity contribution >= 4 is 28.1 Å². The number of methoxy groups -OCH3 is 1. The van der Waals surface area contributed by atoms with E-state index in [0.29, 0.717) is 5.75 Å². The molecule has 148 valence electrons. The number of halogens is 1. The summed E-state index contributed by atoms with van der Waals surface area (Å²) in [6.07, 6.45) is 3.19. The van der Waals surface area contributed by atoms with Gasteiger partial charge >= 0.3 is 0 Å². The van der Waals surface area contributed by atoms with Gasteiger partial charge in [-0.2, -0.15) is 5.10 Å². The number of hydrazone groups is 1. The maximum Gasteiger partial charge on any atom is 0.243 e. The van der Waals surface area contributed by atoms with Gasteiger partial charge in [0.2, 0.25) is 5.91 Å². The standard InChI is InChI=1S/C21H24BrN3O3/c1-28-20-12-16(4-7-19(20)26)13-23-24-21(27)17-8-10-25(11-9-17)14-15-2-5-18(22)6-3-15/h2-7,12-13,17,26H,8-11,14H2,1H3,(H,24,27)/b23-13+. The highest BCUT2D eigenvalue weighted by molar-refractivity contribution is 9.10. The van der Waals surface area contributed by atoms with Crippen LogP contribution in [0.2, 0.25) is 0 Å². The fraction of sp³-hybridized carbons (Fsp3) is 0.333. The van der Waals surface area contributed by atoms with E-state index in [0.717, 1.165) is 42.5 Å². The second kappa shape index (κ2) is 9.71. The molecule has 0 aromatic heterocycles. The summed E-state index contributed by atoms with van der Waals surface area (Å²) in [5.74, 6) is 0.366. The number of likely N-dealkylation sites (tertiary alicyclic amines) is 1. The van der Waals surface area contributed by atoms with Crippen LogP contribution in [0.15, 0.2) is 52.0 Å². The largest absolute Gasteiger partial charge is 0.504 e. The lowest BCUT2D eigenvalue weighted by Gasteiger charge is -2.30. The number of rotatable bonds is 6. The first-order valence-electron chi connectivity index (χ1n) is 9.22. The van der Waals surface area contributed by atoms with Crippen LogP contribution in [-0.4, -0.2) is 42.3 Å². The molecule has 1 amide bonds. The maximum absolute atomic E-state index is 12.4. The molecule has 7 heteroatoms. The number of amides is 1. The van der Waals surface area contributed by atoms with Gasteiger partial charge in [0.1, 0.15) is 0 Å². The second-order valence-corrected chi connectivity index (χ2v) is 7.76. The van der Waals surface area contributed by atoms with Crippen LogP contribution in [0.3, 0.4) is 0 Å². The van der Waals surface area contributed by atoms with Crippen molar-refractivity contribution < 1.29 is 14.6 Å². The Labute approximate surface area is 173 Å². The molecule has 2 aromatic carbocycles. The number of piperidine rings is 1. The van der Waals surface area contributed by atoms with Gasteiger partial charge in [0.05, 0.1) is 13.3 Å². The van der Waals surface area contributed by atoms with Crippen LogP contribution < -0.4 is 10.2 Å². The fourth-order valence-electron chi connectivity index (χ4n) is 3.24. The molecule has 0 aliphatic carbocycles. The third kappa shape index (κ3) is 5.56. The molecule has 1 heterocycles. The van der Waals surface area contributed by atoms with E-state index in [1.54, 1.807) is 18.3 Å². The second-order valence-electron chi connectivity index (χ2n) is 6.84. The quantitative estimate of drug-likeness (QED) is 0.526. The smallest absolute Gasteiger partial charge is 0.243 e. The van der Waals surface area contributed by atoms with Gasteiger partial charge in [-0.25, -0.2) is 5.43 Å². The van der Waals surface area contributed by atoms with Crippen molar-refractivity contribution in [1.29, 1.82) is 0 Å². The number of benzene rings is 2. The first-order valence-corrected chi connectivity index (χ1v) is 10.0. The molecule has 0 radical (unpaired) electrons. The monoisotopic (exact) mass is 445 g/mol. The number of nitrogens with zero attached hydrogens (tertiary/aromatic N) is 2. The van der Waals surface area contributed by atoms with Gasteiger partial charge in [-0.1, -0.05) is 28.1 Å². The molecule has 6 nitrogen and oxygen atoms in total. The van der Waals surface area contributed by atoms with Crippen molar-refractivity contribution in [3.8, 4) is 11.5 Å². The lowest BCUT2D eigenvalue weighted by atomic mass is 9.96. The van der Waals surface area contributed by atoms with Crippen LogP contribution in [0.4, 0.5) is 0 Å². The van der Waals surface area contributed by atoms with Crippen LogP contribution in [0.1, 0.15) is 24.0 Å². The molecule has 1 saturated heterocycles. The summed E-state index contributed by atoms with van der Waals surface area (Å²) in [7, 11) is 1.49. The topological polar surface area (TPSA) is 74.2 Å². The molecule has 0 bridgehead atoms. The van der Waals surface area contributed by atoms with Gasteiger partial charge < -0.3 is 9.84 Å². The summed E-state index contributed by atoms with van der Waals surface area (Å²) in [4.78, 5) is 14.7. The van der Waals surface area contributed by atoms with E-state index in [2.05, 4.69) is 55.6 Å². The number of phenols is 1. The number of aromatic hydroxyl groups is 1. The van der Waals surface area contributed by atoms with Gasteiger partial charge in [0.15, 0.2) is 11.5 Å². The molecule has 2 N–H and O–H groups in total. The Morgan fingerprint density at radius 3 is 2.68 bits per heavy atom. The Kier molecular flexibility index (Phi) is 7.06. The minimum atomic E-state index is -0.0507. The average molecular weight is 446 g/mol. The highest BCUT2D eigenvalue weighted by Crippen LogP contribution is 2.25. The van der Waals surface area contributed by atoms with Crippen LogP contribution in [-0.2, 0) is 11.3 Å². The number of nitrogens with one attached hydrogen (secondary N) is 1. The van der Waals surface area contributed by atoms with E-state index in [-0.39, 0.29) is 17.6 Å². The van der Waals surface area contributed by atoms with Crippen molar-refractivity contribution in [1.82, 2.24) is 10.3 Å². The minimum absolute atomic E-state index is 0.0207. The predicted molar refractivity (Wildman–Crippen MR) is 113 cm³/mol.